The second-order valence-corrected chi connectivity index (χ2v) is 6.45. The molecule has 6 heteroatoms. The van der Waals surface area contributed by atoms with E-state index in [4.69, 9.17) is 5.73 Å². The lowest BCUT2D eigenvalue weighted by Crippen LogP contribution is -2.40. The highest BCUT2D eigenvalue weighted by atomic mass is 127. The van der Waals surface area contributed by atoms with Crippen LogP contribution < -0.4 is 10.6 Å². The molecule has 1 amide bonds. The van der Waals surface area contributed by atoms with Gasteiger partial charge in [0.15, 0.2) is 0 Å². The van der Waals surface area contributed by atoms with Gasteiger partial charge in [-0.15, -0.1) is 0 Å². The number of amides is 1. The first-order valence-corrected chi connectivity index (χ1v) is 8.50. The maximum absolute atomic E-state index is 14.3. The summed E-state index contributed by atoms with van der Waals surface area (Å²) in [6, 6.07) is 5.60. The molecule has 2 rings (SSSR count). The Balaban J connectivity index is 2.34. The number of carbonyl (C=O) groups is 1. The summed E-state index contributed by atoms with van der Waals surface area (Å²) in [6.45, 7) is 7.46. The second kappa shape index (κ2) is 7.41. The zero-order valence-corrected chi connectivity index (χ0v) is 15.0. The van der Waals surface area contributed by atoms with Gasteiger partial charge in [0.2, 0.25) is 0 Å². The molecule has 0 saturated heterocycles. The zero-order valence-electron chi connectivity index (χ0n) is 12.9. The van der Waals surface area contributed by atoms with Crippen LogP contribution in [0.3, 0.4) is 0 Å². The molecule has 0 bridgehead atoms. The van der Waals surface area contributed by atoms with Crippen molar-refractivity contribution in [3.05, 3.63) is 39.1 Å². The van der Waals surface area contributed by atoms with Crippen molar-refractivity contribution in [1.29, 1.82) is 0 Å². The van der Waals surface area contributed by atoms with Crippen LogP contribution in [0.5, 0.6) is 0 Å². The lowest BCUT2D eigenvalue weighted by atomic mass is 10.0. The van der Waals surface area contributed by atoms with Crippen LogP contribution in [0.25, 0.3) is 0 Å². The first-order chi connectivity index (χ1) is 10.5. The first kappa shape index (κ1) is 17.2. The molecule has 0 aromatic heterocycles. The highest BCUT2D eigenvalue weighted by Gasteiger charge is 2.28. The summed E-state index contributed by atoms with van der Waals surface area (Å²) in [5, 5.41) is 0. The van der Waals surface area contributed by atoms with Gasteiger partial charge in [-0.2, -0.15) is 0 Å². The first-order valence-electron chi connectivity index (χ1n) is 7.43. The van der Waals surface area contributed by atoms with E-state index in [0.29, 0.717) is 12.1 Å². The van der Waals surface area contributed by atoms with Crippen LogP contribution in [-0.4, -0.2) is 37.0 Å². The van der Waals surface area contributed by atoms with Crippen LogP contribution in [0, 0.1) is 3.57 Å². The highest BCUT2D eigenvalue weighted by Crippen LogP contribution is 2.38. The Labute approximate surface area is 144 Å². The van der Waals surface area contributed by atoms with Gasteiger partial charge in [0, 0.05) is 27.9 Å². The van der Waals surface area contributed by atoms with E-state index in [0.717, 1.165) is 28.9 Å². The summed E-state index contributed by atoms with van der Waals surface area (Å²) < 4.78 is 15.3. The number of halogens is 2. The minimum absolute atomic E-state index is 0.244. The molecule has 0 fully saturated rings. The molecular weight excluding hydrogens is 396 g/mol. The van der Waals surface area contributed by atoms with Gasteiger partial charge in [-0.1, -0.05) is 13.8 Å². The van der Waals surface area contributed by atoms with E-state index in [1.807, 2.05) is 23.1 Å². The van der Waals surface area contributed by atoms with E-state index >= 15 is 0 Å². The predicted octanol–water partition coefficient (Wildman–Crippen LogP) is 2.83. The van der Waals surface area contributed by atoms with Crippen molar-refractivity contribution in [2.24, 2.45) is 5.73 Å². The number of nitrogens with two attached hydrogens (primary N) is 1. The third-order valence-electron chi connectivity index (χ3n) is 3.96. The molecule has 1 aliphatic rings. The standard InChI is InChI=1S/C16H21FIN3O/c1-3-20(4-2)7-8-21-14-6-5-11(18)9-12(14)13(17)10-15(21)16(19)22/h5-6,9-10,13H,3-4,7-8H2,1-2H3,(H2,19,22). The Morgan fingerprint density at radius 1 is 1.41 bits per heavy atom. The van der Waals surface area contributed by atoms with Gasteiger partial charge in [0.1, 0.15) is 11.9 Å². The van der Waals surface area contributed by atoms with Crippen LogP contribution in [-0.2, 0) is 4.79 Å². The Morgan fingerprint density at radius 2 is 2.09 bits per heavy atom. The van der Waals surface area contributed by atoms with Crippen molar-refractivity contribution in [2.75, 3.05) is 31.1 Å². The molecule has 22 heavy (non-hydrogen) atoms. The zero-order chi connectivity index (χ0) is 16.3. The quantitative estimate of drug-likeness (QED) is 0.725. The molecule has 120 valence electrons. The van der Waals surface area contributed by atoms with E-state index in [9.17, 15) is 9.18 Å². The Hall–Kier alpha value is -1.15. The smallest absolute Gasteiger partial charge is 0.265 e. The second-order valence-electron chi connectivity index (χ2n) is 5.20. The molecule has 4 nitrogen and oxygen atoms in total. The Bertz CT molecular complexity index is 587. The minimum Gasteiger partial charge on any atom is -0.364 e. The molecule has 1 aromatic rings. The Kier molecular flexibility index (Phi) is 5.80. The third-order valence-corrected chi connectivity index (χ3v) is 4.63. The summed E-state index contributed by atoms with van der Waals surface area (Å²) in [7, 11) is 0. The molecule has 0 radical (unpaired) electrons. The number of alkyl halides is 1. The van der Waals surface area contributed by atoms with E-state index in [1.165, 1.54) is 6.08 Å². The topological polar surface area (TPSA) is 49.6 Å². The fourth-order valence-electron chi connectivity index (χ4n) is 2.68. The van der Waals surface area contributed by atoms with Crippen LogP contribution in [0.1, 0.15) is 25.6 Å². The maximum atomic E-state index is 14.3. The summed E-state index contributed by atoms with van der Waals surface area (Å²) in [4.78, 5) is 15.8. The van der Waals surface area contributed by atoms with Gasteiger partial charge in [0.25, 0.3) is 5.91 Å². The van der Waals surface area contributed by atoms with Gasteiger partial charge >= 0.3 is 0 Å². The van der Waals surface area contributed by atoms with Crippen LogP contribution >= 0.6 is 22.6 Å². The average molecular weight is 417 g/mol. The summed E-state index contributed by atoms with van der Waals surface area (Å²) >= 11 is 2.16. The number of nitrogens with zero attached hydrogens (tertiary/aromatic N) is 2. The third kappa shape index (κ3) is 3.60. The number of anilines is 1. The molecular formula is C16H21FIN3O. The minimum atomic E-state index is -1.29. The number of rotatable bonds is 6. The molecule has 1 heterocycles. The molecule has 1 aliphatic heterocycles. The maximum Gasteiger partial charge on any atom is 0.265 e. The molecule has 0 spiro atoms. The number of benzene rings is 1. The number of hydrogen-bond donors (Lipinski definition) is 1. The van der Waals surface area contributed by atoms with Crippen molar-refractivity contribution in [1.82, 2.24) is 4.90 Å². The van der Waals surface area contributed by atoms with Gasteiger partial charge in [-0.25, -0.2) is 4.39 Å². The lowest BCUT2D eigenvalue weighted by Gasteiger charge is -2.34. The largest absolute Gasteiger partial charge is 0.364 e. The van der Waals surface area contributed by atoms with Gasteiger partial charge in [0.05, 0.1) is 0 Å². The predicted molar refractivity (Wildman–Crippen MR) is 95.4 cm³/mol. The SMILES string of the molecule is CCN(CC)CCN1C(C(N)=O)=CC(F)c2cc(I)ccc21. The van der Waals surface area contributed by atoms with Crippen molar-refractivity contribution in [2.45, 2.75) is 20.0 Å². The van der Waals surface area contributed by atoms with Crippen LogP contribution in [0.4, 0.5) is 10.1 Å². The monoisotopic (exact) mass is 417 g/mol. The number of primary amides is 1. The molecule has 1 aromatic carbocycles. The summed E-state index contributed by atoms with van der Waals surface area (Å²) in [5.74, 6) is -0.591. The summed E-state index contributed by atoms with van der Waals surface area (Å²) in [5.41, 5.74) is 7.02. The number of fused-ring (bicyclic) bond motifs is 1. The lowest BCUT2D eigenvalue weighted by molar-refractivity contribution is -0.114. The fraction of sp³-hybridized carbons (Fsp3) is 0.438. The van der Waals surface area contributed by atoms with Gasteiger partial charge in [-0.3, -0.25) is 4.79 Å². The van der Waals surface area contributed by atoms with Crippen molar-refractivity contribution in [3.63, 3.8) is 0 Å². The molecule has 1 unspecified atom stereocenters. The van der Waals surface area contributed by atoms with Crippen molar-refractivity contribution < 1.29 is 9.18 Å². The number of allylic oxidation sites excluding steroid dienone is 1. The molecule has 0 saturated carbocycles. The molecule has 0 aliphatic carbocycles. The Morgan fingerprint density at radius 3 is 2.68 bits per heavy atom. The average Bonchev–Trinajstić information content (AvgIpc) is 2.49. The number of hydrogen-bond acceptors (Lipinski definition) is 3. The highest BCUT2D eigenvalue weighted by molar-refractivity contribution is 14.1. The van der Waals surface area contributed by atoms with E-state index < -0.39 is 12.1 Å². The van der Waals surface area contributed by atoms with Crippen molar-refractivity contribution in [3.8, 4) is 0 Å². The van der Waals surface area contributed by atoms with E-state index in [1.54, 1.807) is 0 Å². The van der Waals surface area contributed by atoms with Gasteiger partial charge in [-0.05, 0) is 60.0 Å². The number of carbonyl (C=O) groups excluding carboxylic acids is 1. The normalized spacial score (nSPS) is 17.4. The van der Waals surface area contributed by atoms with Gasteiger partial charge < -0.3 is 15.5 Å². The van der Waals surface area contributed by atoms with E-state index in [2.05, 4.69) is 41.3 Å². The van der Waals surface area contributed by atoms with E-state index in [-0.39, 0.29) is 5.70 Å². The number of likely N-dealkylation sites (N-methyl/N-ethyl adjacent to an activating group) is 1. The van der Waals surface area contributed by atoms with Crippen molar-refractivity contribution >= 4 is 34.2 Å². The molecule has 2 N–H and O–H groups in total. The summed E-state index contributed by atoms with van der Waals surface area (Å²) in [6.07, 6.45) is 0.0279. The molecule has 1 atom stereocenters. The van der Waals surface area contributed by atoms with Crippen LogP contribution in [0.15, 0.2) is 30.0 Å². The fourth-order valence-corrected chi connectivity index (χ4v) is 3.19. The van der Waals surface area contributed by atoms with Crippen LogP contribution in [0.2, 0.25) is 0 Å².